The lowest BCUT2D eigenvalue weighted by atomic mass is 9.75. The van der Waals surface area contributed by atoms with Crippen LogP contribution in [0.25, 0.3) is 0 Å². The highest BCUT2D eigenvalue weighted by Gasteiger charge is 2.34. The fraction of sp³-hybridized carbons (Fsp3) is 0.522. The maximum Gasteiger partial charge on any atom is 0.254 e. The van der Waals surface area contributed by atoms with Crippen molar-refractivity contribution >= 4 is 27.3 Å². The van der Waals surface area contributed by atoms with Crippen molar-refractivity contribution < 1.29 is 13.2 Å². The topological polar surface area (TPSA) is 57.7 Å². The van der Waals surface area contributed by atoms with Gasteiger partial charge in [0.25, 0.3) is 15.9 Å². The SMILES string of the molecule is O=C(c1csc(S(=O)(=O)N2CCc3ccccc3C2)c1)N1CCC2CCCCC2C1. The standard InChI is InChI=1S/C23H28N2O3S2/c26-23(24-11-9-17-5-1-3-7-19(17)14-24)21-13-22(29-16-21)30(27,28)25-12-10-18-6-2-4-8-20(18)15-25/h2,4,6,8,13,16-17,19H,1,3,5,7,9-12,14-15H2. The summed E-state index contributed by atoms with van der Waals surface area (Å²) in [6.45, 7) is 2.50. The first-order chi connectivity index (χ1) is 14.5. The average molecular weight is 445 g/mol. The number of thiophene rings is 1. The Morgan fingerprint density at radius 1 is 1.00 bits per heavy atom. The molecule has 2 aliphatic heterocycles. The number of benzene rings is 1. The summed E-state index contributed by atoms with van der Waals surface area (Å²) in [4.78, 5) is 15.0. The number of carbonyl (C=O) groups is 1. The first-order valence-electron chi connectivity index (χ1n) is 11.0. The molecule has 160 valence electrons. The molecule has 2 atom stereocenters. The third kappa shape index (κ3) is 3.72. The normalized spacial score (nSPS) is 24.9. The number of amides is 1. The van der Waals surface area contributed by atoms with Crippen LogP contribution in [0.3, 0.4) is 0 Å². The van der Waals surface area contributed by atoms with E-state index in [0.717, 1.165) is 37.4 Å². The van der Waals surface area contributed by atoms with Crippen LogP contribution in [0.5, 0.6) is 0 Å². The van der Waals surface area contributed by atoms with E-state index >= 15 is 0 Å². The van der Waals surface area contributed by atoms with Crippen LogP contribution < -0.4 is 0 Å². The Hall–Kier alpha value is -1.70. The van der Waals surface area contributed by atoms with Gasteiger partial charge in [0, 0.05) is 31.6 Å². The molecule has 0 radical (unpaired) electrons. The molecule has 3 aliphatic rings. The van der Waals surface area contributed by atoms with Gasteiger partial charge in [-0.25, -0.2) is 8.42 Å². The zero-order valence-electron chi connectivity index (χ0n) is 17.1. The van der Waals surface area contributed by atoms with Gasteiger partial charge in [0.05, 0.1) is 5.56 Å². The van der Waals surface area contributed by atoms with Crippen molar-refractivity contribution in [3.63, 3.8) is 0 Å². The van der Waals surface area contributed by atoms with E-state index in [1.54, 1.807) is 15.8 Å². The van der Waals surface area contributed by atoms with Gasteiger partial charge in [-0.15, -0.1) is 11.3 Å². The van der Waals surface area contributed by atoms with Gasteiger partial charge in [-0.3, -0.25) is 4.79 Å². The van der Waals surface area contributed by atoms with E-state index in [0.29, 0.717) is 24.6 Å². The molecule has 5 rings (SSSR count). The van der Waals surface area contributed by atoms with Crippen LogP contribution >= 0.6 is 11.3 Å². The molecule has 2 fully saturated rings. The lowest BCUT2D eigenvalue weighted by molar-refractivity contribution is 0.0521. The van der Waals surface area contributed by atoms with Crippen LogP contribution in [0, 0.1) is 11.8 Å². The van der Waals surface area contributed by atoms with E-state index in [4.69, 9.17) is 0 Å². The number of rotatable bonds is 3. The second-order valence-electron chi connectivity index (χ2n) is 8.86. The maximum absolute atomic E-state index is 13.2. The van der Waals surface area contributed by atoms with Gasteiger partial charge in [0.15, 0.2) is 0 Å². The molecule has 30 heavy (non-hydrogen) atoms. The Balaban J connectivity index is 1.31. The fourth-order valence-corrected chi connectivity index (χ4v) is 8.06. The highest BCUT2D eigenvalue weighted by molar-refractivity contribution is 7.91. The fourth-order valence-electron chi connectivity index (χ4n) is 5.33. The summed E-state index contributed by atoms with van der Waals surface area (Å²) in [5, 5.41) is 1.72. The number of hydrogen-bond acceptors (Lipinski definition) is 4. The second kappa shape index (κ2) is 8.09. The predicted octanol–water partition coefficient (Wildman–Crippen LogP) is 4.15. The van der Waals surface area contributed by atoms with Crippen molar-refractivity contribution in [1.29, 1.82) is 0 Å². The molecule has 1 aromatic heterocycles. The monoisotopic (exact) mass is 444 g/mol. The number of likely N-dealkylation sites (tertiary alicyclic amines) is 1. The Kier molecular flexibility index (Phi) is 5.45. The Morgan fingerprint density at radius 2 is 1.77 bits per heavy atom. The minimum Gasteiger partial charge on any atom is -0.338 e. The van der Waals surface area contributed by atoms with Crippen LogP contribution in [0.4, 0.5) is 0 Å². The summed E-state index contributed by atoms with van der Waals surface area (Å²) < 4.78 is 28.2. The molecule has 2 aromatic rings. The van der Waals surface area contributed by atoms with E-state index < -0.39 is 10.0 Å². The Morgan fingerprint density at radius 3 is 2.60 bits per heavy atom. The first-order valence-corrected chi connectivity index (χ1v) is 13.3. The minimum absolute atomic E-state index is 0.0132. The minimum atomic E-state index is -3.59. The van der Waals surface area contributed by atoms with E-state index in [1.165, 1.54) is 42.6 Å². The van der Waals surface area contributed by atoms with Crippen molar-refractivity contribution in [1.82, 2.24) is 9.21 Å². The van der Waals surface area contributed by atoms with Gasteiger partial charge in [-0.2, -0.15) is 4.31 Å². The Bertz CT molecular complexity index is 1050. The first kappa shape index (κ1) is 20.2. The number of fused-ring (bicyclic) bond motifs is 2. The number of nitrogens with zero attached hydrogens (tertiary/aromatic N) is 2. The molecule has 1 saturated heterocycles. The molecule has 1 aromatic carbocycles. The molecule has 7 heteroatoms. The zero-order valence-corrected chi connectivity index (χ0v) is 18.8. The molecule has 3 heterocycles. The number of hydrogen-bond donors (Lipinski definition) is 0. The lowest BCUT2D eigenvalue weighted by Gasteiger charge is -2.41. The number of piperidine rings is 1. The van der Waals surface area contributed by atoms with E-state index in [1.807, 2.05) is 23.1 Å². The number of sulfonamides is 1. The summed E-state index contributed by atoms with van der Waals surface area (Å²) in [7, 11) is -3.59. The molecule has 1 saturated carbocycles. The van der Waals surface area contributed by atoms with Gasteiger partial charge in [-0.05, 0) is 48.3 Å². The molecular weight excluding hydrogens is 416 g/mol. The van der Waals surface area contributed by atoms with Crippen LogP contribution in [0.2, 0.25) is 0 Å². The van der Waals surface area contributed by atoms with Gasteiger partial charge < -0.3 is 4.90 Å². The third-order valence-electron chi connectivity index (χ3n) is 7.09. The maximum atomic E-state index is 13.2. The molecule has 1 aliphatic carbocycles. The van der Waals surface area contributed by atoms with Gasteiger partial charge in [-0.1, -0.05) is 43.5 Å². The number of carbonyl (C=O) groups excluding carboxylic acids is 1. The van der Waals surface area contributed by atoms with Crippen LogP contribution in [0.15, 0.2) is 39.9 Å². The molecule has 1 amide bonds. The second-order valence-corrected chi connectivity index (χ2v) is 11.9. The summed E-state index contributed by atoms with van der Waals surface area (Å²) >= 11 is 1.17. The van der Waals surface area contributed by atoms with E-state index in [9.17, 15) is 13.2 Å². The van der Waals surface area contributed by atoms with Crippen molar-refractivity contribution in [3.05, 3.63) is 52.4 Å². The van der Waals surface area contributed by atoms with Crippen LogP contribution in [0.1, 0.15) is 53.6 Å². The highest BCUT2D eigenvalue weighted by atomic mass is 32.2. The molecule has 0 N–H and O–H groups in total. The molecule has 0 spiro atoms. The van der Waals surface area contributed by atoms with Gasteiger partial charge in [0.1, 0.15) is 4.21 Å². The van der Waals surface area contributed by atoms with Crippen molar-refractivity contribution in [2.24, 2.45) is 11.8 Å². The van der Waals surface area contributed by atoms with Gasteiger partial charge >= 0.3 is 0 Å². The average Bonchev–Trinajstić information content (AvgIpc) is 3.29. The summed E-state index contributed by atoms with van der Waals surface area (Å²) in [5.41, 5.74) is 2.80. The van der Waals surface area contributed by atoms with E-state index in [2.05, 4.69) is 6.07 Å². The summed E-state index contributed by atoms with van der Waals surface area (Å²) in [6.07, 6.45) is 6.91. The van der Waals surface area contributed by atoms with Crippen LogP contribution in [-0.4, -0.2) is 43.2 Å². The highest BCUT2D eigenvalue weighted by Crippen LogP contribution is 2.37. The third-order valence-corrected chi connectivity index (χ3v) is 10.4. The molecule has 0 bridgehead atoms. The summed E-state index contributed by atoms with van der Waals surface area (Å²) in [5.74, 6) is 1.37. The lowest BCUT2D eigenvalue weighted by Crippen LogP contribution is -2.44. The summed E-state index contributed by atoms with van der Waals surface area (Å²) in [6, 6.07) is 9.60. The molecular formula is C23H28N2O3S2. The Labute approximate surface area is 182 Å². The largest absolute Gasteiger partial charge is 0.338 e. The predicted molar refractivity (Wildman–Crippen MR) is 118 cm³/mol. The molecule has 2 unspecified atom stereocenters. The van der Waals surface area contributed by atoms with Crippen LogP contribution in [-0.2, 0) is 23.0 Å². The van der Waals surface area contributed by atoms with Gasteiger partial charge in [0.2, 0.25) is 0 Å². The van der Waals surface area contributed by atoms with Crippen molar-refractivity contribution in [2.75, 3.05) is 19.6 Å². The smallest absolute Gasteiger partial charge is 0.254 e. The molecule has 5 nitrogen and oxygen atoms in total. The van der Waals surface area contributed by atoms with E-state index in [-0.39, 0.29) is 10.1 Å². The zero-order chi connectivity index (χ0) is 20.7. The van der Waals surface area contributed by atoms with Crippen molar-refractivity contribution in [3.8, 4) is 0 Å². The quantitative estimate of drug-likeness (QED) is 0.715. The van der Waals surface area contributed by atoms with Crippen molar-refractivity contribution in [2.45, 2.75) is 49.3 Å².